The van der Waals surface area contributed by atoms with Gasteiger partial charge in [-0.15, -0.1) is 5.92 Å². The first-order chi connectivity index (χ1) is 13.9. The van der Waals surface area contributed by atoms with E-state index in [1.807, 2.05) is 52.0 Å². The molecule has 1 aliphatic rings. The van der Waals surface area contributed by atoms with Crippen LogP contribution in [-0.4, -0.2) is 39.2 Å². The Bertz CT molecular complexity index is 799. The van der Waals surface area contributed by atoms with E-state index in [0.29, 0.717) is 5.70 Å². The average molecular weight is 396 g/mol. The van der Waals surface area contributed by atoms with Gasteiger partial charge in [0.15, 0.2) is 0 Å². The molecule has 0 bridgehead atoms. The first kappa shape index (κ1) is 22.9. The summed E-state index contributed by atoms with van der Waals surface area (Å²) in [6.45, 7) is 9.60. The SMILES string of the molecule is CCOCCCCC#CC1C=CC=C(/C=C(\C(O)C(C)(C)C)n2cncn2)C=C1. The monoisotopic (exact) mass is 395 g/mol. The van der Waals surface area contributed by atoms with Crippen molar-refractivity contribution >= 4 is 5.70 Å². The molecule has 156 valence electrons. The minimum Gasteiger partial charge on any atom is -0.386 e. The molecule has 2 atom stereocenters. The molecular weight excluding hydrogens is 362 g/mol. The number of nitrogens with zero attached hydrogens (tertiary/aromatic N) is 3. The lowest BCUT2D eigenvalue weighted by Gasteiger charge is -2.28. The highest BCUT2D eigenvalue weighted by Crippen LogP contribution is 2.28. The standard InChI is InChI=1S/C24H33N3O2/c1-5-29-16-9-7-6-8-11-20-12-10-13-21(15-14-20)17-22(23(28)24(2,3)4)27-19-25-18-26-27/h10,12-15,17-20,23,28H,5-7,9,16H2,1-4H3/b22-17+. The van der Waals surface area contributed by atoms with Crippen molar-refractivity contribution in [1.29, 1.82) is 0 Å². The van der Waals surface area contributed by atoms with Crippen LogP contribution in [-0.2, 0) is 4.74 Å². The molecule has 0 aromatic carbocycles. The molecule has 0 aliphatic heterocycles. The largest absolute Gasteiger partial charge is 0.386 e. The third kappa shape index (κ3) is 7.84. The Balaban J connectivity index is 2.05. The van der Waals surface area contributed by atoms with Crippen molar-refractivity contribution in [1.82, 2.24) is 14.8 Å². The number of hydrogen-bond donors (Lipinski definition) is 1. The molecule has 1 heterocycles. The molecule has 0 radical (unpaired) electrons. The minimum absolute atomic E-state index is 0.0893. The van der Waals surface area contributed by atoms with Crippen LogP contribution in [0.2, 0.25) is 0 Å². The van der Waals surface area contributed by atoms with Crippen LogP contribution in [0.15, 0.2) is 54.7 Å². The molecule has 29 heavy (non-hydrogen) atoms. The number of unbranched alkanes of at least 4 members (excludes halogenated alkanes) is 2. The van der Waals surface area contributed by atoms with Crippen molar-refractivity contribution in [2.24, 2.45) is 11.3 Å². The van der Waals surface area contributed by atoms with Crippen LogP contribution in [0, 0.1) is 23.2 Å². The van der Waals surface area contributed by atoms with Crippen LogP contribution in [0.3, 0.4) is 0 Å². The predicted octanol–water partition coefficient (Wildman–Crippen LogP) is 4.40. The van der Waals surface area contributed by atoms with Crippen molar-refractivity contribution in [2.75, 3.05) is 13.2 Å². The molecule has 1 aromatic heterocycles. The van der Waals surface area contributed by atoms with E-state index in [0.717, 1.165) is 38.0 Å². The van der Waals surface area contributed by atoms with Crippen LogP contribution in [0.4, 0.5) is 0 Å². The summed E-state index contributed by atoms with van der Waals surface area (Å²) in [5, 5.41) is 15.0. The average Bonchev–Trinajstić information content (AvgIpc) is 3.12. The van der Waals surface area contributed by atoms with Gasteiger partial charge in [0.25, 0.3) is 0 Å². The van der Waals surface area contributed by atoms with Gasteiger partial charge in [0.1, 0.15) is 18.8 Å². The Kier molecular flexibility index (Phi) is 9.11. The van der Waals surface area contributed by atoms with E-state index in [4.69, 9.17) is 4.74 Å². The number of aliphatic hydroxyl groups is 1. The van der Waals surface area contributed by atoms with Crippen LogP contribution >= 0.6 is 0 Å². The number of rotatable bonds is 8. The van der Waals surface area contributed by atoms with Gasteiger partial charge in [-0.25, -0.2) is 9.67 Å². The summed E-state index contributed by atoms with van der Waals surface area (Å²) in [6.07, 6.45) is 17.6. The smallest absolute Gasteiger partial charge is 0.138 e. The van der Waals surface area contributed by atoms with Gasteiger partial charge < -0.3 is 9.84 Å². The van der Waals surface area contributed by atoms with E-state index >= 15 is 0 Å². The van der Waals surface area contributed by atoms with Gasteiger partial charge in [-0.05, 0) is 36.8 Å². The highest BCUT2D eigenvalue weighted by Gasteiger charge is 2.27. The lowest BCUT2D eigenvalue weighted by atomic mass is 9.86. The summed E-state index contributed by atoms with van der Waals surface area (Å²) in [5.74, 6) is 6.66. The highest BCUT2D eigenvalue weighted by atomic mass is 16.5. The predicted molar refractivity (Wildman–Crippen MR) is 118 cm³/mol. The Morgan fingerprint density at radius 2 is 2.17 bits per heavy atom. The maximum atomic E-state index is 10.8. The highest BCUT2D eigenvalue weighted by molar-refractivity contribution is 5.57. The van der Waals surface area contributed by atoms with Gasteiger partial charge in [-0.3, -0.25) is 0 Å². The topological polar surface area (TPSA) is 60.2 Å². The van der Waals surface area contributed by atoms with Crippen LogP contribution < -0.4 is 0 Å². The van der Waals surface area contributed by atoms with Crippen molar-refractivity contribution in [3.63, 3.8) is 0 Å². The fraction of sp³-hybridized carbons (Fsp3) is 0.500. The molecule has 0 spiro atoms. The van der Waals surface area contributed by atoms with E-state index in [2.05, 4.69) is 34.1 Å². The summed E-state index contributed by atoms with van der Waals surface area (Å²) in [5.41, 5.74) is 1.35. The Morgan fingerprint density at radius 1 is 1.34 bits per heavy atom. The second-order valence-corrected chi connectivity index (χ2v) is 8.09. The van der Waals surface area contributed by atoms with Gasteiger partial charge in [-0.2, -0.15) is 5.10 Å². The summed E-state index contributed by atoms with van der Waals surface area (Å²) in [7, 11) is 0. The van der Waals surface area contributed by atoms with E-state index < -0.39 is 6.10 Å². The zero-order chi connectivity index (χ0) is 21.1. The quantitative estimate of drug-likeness (QED) is 0.523. The number of hydrogen-bond acceptors (Lipinski definition) is 4. The zero-order valence-corrected chi connectivity index (χ0v) is 18.0. The first-order valence-corrected chi connectivity index (χ1v) is 10.3. The van der Waals surface area contributed by atoms with E-state index in [1.54, 1.807) is 11.0 Å². The van der Waals surface area contributed by atoms with Crippen LogP contribution in [0.1, 0.15) is 47.0 Å². The van der Waals surface area contributed by atoms with Crippen molar-refractivity contribution in [2.45, 2.75) is 53.1 Å². The summed E-state index contributed by atoms with van der Waals surface area (Å²) >= 11 is 0. The molecule has 5 nitrogen and oxygen atoms in total. The summed E-state index contributed by atoms with van der Waals surface area (Å²) < 4.78 is 6.97. The van der Waals surface area contributed by atoms with Crippen molar-refractivity contribution < 1.29 is 9.84 Å². The van der Waals surface area contributed by atoms with Crippen LogP contribution in [0.25, 0.3) is 5.70 Å². The summed E-state index contributed by atoms with van der Waals surface area (Å²) in [6, 6.07) is 0. The zero-order valence-electron chi connectivity index (χ0n) is 18.0. The molecule has 0 fully saturated rings. The Morgan fingerprint density at radius 3 is 2.86 bits per heavy atom. The van der Waals surface area contributed by atoms with Crippen LogP contribution in [0.5, 0.6) is 0 Å². The van der Waals surface area contributed by atoms with Gasteiger partial charge in [0.2, 0.25) is 0 Å². The molecule has 0 amide bonds. The third-order valence-electron chi connectivity index (χ3n) is 4.51. The molecule has 2 unspecified atom stereocenters. The molecule has 0 saturated heterocycles. The van der Waals surface area contributed by atoms with E-state index in [9.17, 15) is 5.11 Å². The van der Waals surface area contributed by atoms with Gasteiger partial charge >= 0.3 is 0 Å². The van der Waals surface area contributed by atoms with E-state index in [-0.39, 0.29) is 11.3 Å². The minimum atomic E-state index is -0.682. The lowest BCUT2D eigenvalue weighted by Crippen LogP contribution is -2.30. The van der Waals surface area contributed by atoms with E-state index in [1.165, 1.54) is 6.33 Å². The molecule has 2 rings (SSSR count). The summed E-state index contributed by atoms with van der Waals surface area (Å²) in [4.78, 5) is 4.02. The molecule has 0 saturated carbocycles. The number of ether oxygens (including phenoxy) is 1. The third-order valence-corrected chi connectivity index (χ3v) is 4.51. The normalized spacial score (nSPS) is 18.0. The number of aromatic nitrogens is 3. The lowest BCUT2D eigenvalue weighted by molar-refractivity contribution is 0.108. The maximum absolute atomic E-state index is 10.8. The maximum Gasteiger partial charge on any atom is 0.138 e. The molecule has 1 aromatic rings. The van der Waals surface area contributed by atoms with Crippen molar-refractivity contribution in [3.8, 4) is 11.8 Å². The second kappa shape index (κ2) is 11.5. The van der Waals surface area contributed by atoms with Gasteiger partial charge in [-0.1, -0.05) is 57.1 Å². The fourth-order valence-corrected chi connectivity index (χ4v) is 2.79. The first-order valence-electron chi connectivity index (χ1n) is 10.3. The molecule has 1 aliphatic carbocycles. The molecule has 5 heteroatoms. The van der Waals surface area contributed by atoms with Gasteiger partial charge in [0, 0.05) is 19.6 Å². The second-order valence-electron chi connectivity index (χ2n) is 8.09. The Labute approximate surface area is 174 Å². The Hall–Kier alpha value is -2.42. The van der Waals surface area contributed by atoms with Gasteiger partial charge in [0.05, 0.1) is 11.6 Å². The fourth-order valence-electron chi connectivity index (χ4n) is 2.79. The number of aliphatic hydroxyl groups excluding tert-OH is 1. The molecular formula is C24H33N3O2. The van der Waals surface area contributed by atoms with Crippen molar-refractivity contribution in [3.05, 3.63) is 54.7 Å². The molecule has 1 N–H and O–H groups in total. The number of allylic oxidation sites excluding steroid dienone is 7.